The van der Waals surface area contributed by atoms with E-state index >= 15 is 0 Å². The Morgan fingerprint density at radius 1 is 1.33 bits per heavy atom. The van der Waals surface area contributed by atoms with E-state index in [0.29, 0.717) is 5.56 Å². The lowest BCUT2D eigenvalue weighted by Crippen LogP contribution is -2.23. The van der Waals surface area contributed by atoms with Crippen LogP contribution in [0, 0.1) is 0 Å². The van der Waals surface area contributed by atoms with Crippen LogP contribution in [-0.4, -0.2) is 24.7 Å². The average molecular weight is 311 g/mol. The average Bonchev–Trinajstić information content (AvgIpc) is 2.22. The summed E-state index contributed by atoms with van der Waals surface area (Å²) in [5.41, 5.74) is 0.304. The molecular weight excluding hydrogens is 299 g/mol. The van der Waals surface area contributed by atoms with Crippen LogP contribution in [-0.2, 0) is 20.4 Å². The van der Waals surface area contributed by atoms with Gasteiger partial charge in [-0.15, -0.1) is 0 Å². The van der Waals surface area contributed by atoms with Crippen molar-refractivity contribution >= 4 is 39.0 Å². The van der Waals surface area contributed by atoms with Crippen molar-refractivity contribution in [3.05, 3.63) is 33.8 Å². The van der Waals surface area contributed by atoms with Crippen molar-refractivity contribution in [2.24, 2.45) is 0 Å². The summed E-state index contributed by atoms with van der Waals surface area (Å²) in [6.07, 6.45) is -0.440. The van der Waals surface area contributed by atoms with Crippen molar-refractivity contribution in [2.75, 3.05) is 0 Å². The maximum absolute atomic E-state index is 12.0. The Morgan fingerprint density at radius 2 is 1.83 bits per heavy atom. The minimum atomic E-state index is -3.60. The second kappa shape index (κ2) is 5.91. The molecule has 0 saturated heterocycles. The highest BCUT2D eigenvalue weighted by atomic mass is 35.5. The third-order valence-electron chi connectivity index (χ3n) is 2.48. The van der Waals surface area contributed by atoms with Crippen LogP contribution >= 0.6 is 23.2 Å². The van der Waals surface area contributed by atoms with Crippen molar-refractivity contribution in [1.29, 1.82) is 0 Å². The molecule has 0 aliphatic heterocycles. The van der Waals surface area contributed by atoms with Crippen LogP contribution in [0.15, 0.2) is 18.2 Å². The van der Waals surface area contributed by atoms with Gasteiger partial charge in [0.2, 0.25) is 0 Å². The van der Waals surface area contributed by atoms with Gasteiger partial charge >= 0.3 is 5.97 Å². The van der Waals surface area contributed by atoms with Crippen LogP contribution in [0.1, 0.15) is 18.9 Å². The molecule has 0 aromatic heterocycles. The van der Waals surface area contributed by atoms with Gasteiger partial charge in [0.25, 0.3) is 0 Å². The van der Waals surface area contributed by atoms with Crippen LogP contribution in [0.3, 0.4) is 0 Å². The summed E-state index contributed by atoms with van der Waals surface area (Å²) in [6, 6.07) is 4.70. The number of aliphatic carboxylic acids is 1. The molecular formula is C11H12Cl2O4S. The molecule has 1 aromatic carbocycles. The Morgan fingerprint density at radius 3 is 2.28 bits per heavy atom. The predicted molar refractivity (Wildman–Crippen MR) is 70.8 cm³/mol. The molecule has 0 heterocycles. The van der Waals surface area contributed by atoms with Gasteiger partial charge < -0.3 is 5.11 Å². The molecule has 0 aliphatic carbocycles. The Hall–Kier alpha value is -0.780. The fourth-order valence-corrected chi connectivity index (χ4v) is 3.47. The summed E-state index contributed by atoms with van der Waals surface area (Å²) in [5.74, 6) is -1.52. The summed E-state index contributed by atoms with van der Waals surface area (Å²) in [6.45, 7) is 1.36. The quantitative estimate of drug-likeness (QED) is 0.907. The first-order valence-corrected chi connectivity index (χ1v) is 7.57. The zero-order chi connectivity index (χ0) is 13.9. The molecule has 4 nitrogen and oxygen atoms in total. The van der Waals surface area contributed by atoms with Gasteiger partial charge in [-0.1, -0.05) is 29.3 Å². The molecule has 1 aromatic rings. The Bertz CT molecular complexity index is 534. The maximum atomic E-state index is 12.0. The van der Waals surface area contributed by atoms with Gasteiger partial charge in [-0.3, -0.25) is 4.79 Å². The van der Waals surface area contributed by atoms with Crippen molar-refractivity contribution in [2.45, 2.75) is 24.3 Å². The van der Waals surface area contributed by atoms with E-state index in [9.17, 15) is 13.2 Å². The second-order valence-electron chi connectivity index (χ2n) is 3.92. The molecule has 7 heteroatoms. The van der Waals surface area contributed by atoms with Crippen LogP contribution in [0.2, 0.25) is 10.0 Å². The molecule has 0 bridgehead atoms. The summed E-state index contributed by atoms with van der Waals surface area (Å²) >= 11 is 11.8. The first kappa shape index (κ1) is 15.3. The lowest BCUT2D eigenvalue weighted by atomic mass is 10.2. The highest BCUT2D eigenvalue weighted by Crippen LogP contribution is 2.27. The number of hydrogen-bond donors (Lipinski definition) is 1. The third kappa shape index (κ3) is 3.86. The largest absolute Gasteiger partial charge is 0.481 e. The second-order valence-corrected chi connectivity index (χ2v) is 7.15. The van der Waals surface area contributed by atoms with Gasteiger partial charge in [-0.2, -0.15) is 0 Å². The standard InChI is InChI=1S/C11H12Cl2O4S/c1-7(5-11(14)15)18(16,17)6-8-9(12)3-2-4-10(8)13/h2-4,7H,5-6H2,1H3,(H,14,15). The molecule has 1 atom stereocenters. The Kier molecular flexibility index (Phi) is 5.01. The van der Waals surface area contributed by atoms with Gasteiger partial charge in [0.15, 0.2) is 9.84 Å². The number of carbonyl (C=O) groups is 1. The van der Waals surface area contributed by atoms with E-state index in [2.05, 4.69) is 0 Å². The van der Waals surface area contributed by atoms with E-state index in [1.165, 1.54) is 6.92 Å². The molecule has 0 fully saturated rings. The monoisotopic (exact) mass is 310 g/mol. The van der Waals surface area contributed by atoms with Gasteiger partial charge in [0.05, 0.1) is 17.4 Å². The molecule has 1 unspecified atom stereocenters. The number of hydrogen-bond acceptors (Lipinski definition) is 3. The third-order valence-corrected chi connectivity index (χ3v) is 5.27. The fourth-order valence-electron chi connectivity index (χ4n) is 1.39. The normalized spacial score (nSPS) is 13.3. The zero-order valence-corrected chi connectivity index (χ0v) is 11.9. The topological polar surface area (TPSA) is 71.4 Å². The minimum Gasteiger partial charge on any atom is -0.481 e. The van der Waals surface area contributed by atoms with Crippen LogP contribution < -0.4 is 0 Å². The minimum absolute atomic E-state index is 0.258. The number of halogens is 2. The molecule has 18 heavy (non-hydrogen) atoms. The zero-order valence-electron chi connectivity index (χ0n) is 9.56. The van der Waals surface area contributed by atoms with Gasteiger partial charge in [-0.05, 0) is 19.1 Å². The van der Waals surface area contributed by atoms with E-state index in [4.69, 9.17) is 28.3 Å². The van der Waals surface area contributed by atoms with Gasteiger partial charge in [0.1, 0.15) is 0 Å². The molecule has 0 spiro atoms. The number of carboxylic acids is 1. The number of sulfone groups is 1. The van der Waals surface area contributed by atoms with E-state index in [1.807, 2.05) is 0 Å². The maximum Gasteiger partial charge on any atom is 0.304 e. The molecule has 0 aliphatic rings. The predicted octanol–water partition coefficient (Wildman–Crippen LogP) is 2.77. The summed E-state index contributed by atoms with van der Waals surface area (Å²) in [7, 11) is -3.60. The number of carboxylic acid groups (broad SMARTS) is 1. The van der Waals surface area contributed by atoms with Crippen LogP contribution in [0.5, 0.6) is 0 Å². The highest BCUT2D eigenvalue weighted by molar-refractivity contribution is 7.91. The van der Waals surface area contributed by atoms with E-state index in [-0.39, 0.29) is 15.8 Å². The fraction of sp³-hybridized carbons (Fsp3) is 0.364. The lowest BCUT2D eigenvalue weighted by molar-refractivity contribution is -0.136. The summed E-state index contributed by atoms with van der Waals surface area (Å²) < 4.78 is 23.9. The van der Waals surface area contributed by atoms with Crippen molar-refractivity contribution in [1.82, 2.24) is 0 Å². The smallest absolute Gasteiger partial charge is 0.304 e. The lowest BCUT2D eigenvalue weighted by Gasteiger charge is -2.12. The SMILES string of the molecule is CC(CC(=O)O)S(=O)(=O)Cc1c(Cl)cccc1Cl. The van der Waals surface area contributed by atoms with Crippen molar-refractivity contribution in [3.8, 4) is 0 Å². The van der Waals surface area contributed by atoms with Crippen molar-refractivity contribution in [3.63, 3.8) is 0 Å². The highest BCUT2D eigenvalue weighted by Gasteiger charge is 2.25. The molecule has 100 valence electrons. The summed E-state index contributed by atoms with van der Waals surface area (Å²) in [5, 5.41) is 8.14. The Labute approximate surface area is 115 Å². The van der Waals surface area contributed by atoms with Gasteiger partial charge in [0, 0.05) is 15.6 Å². The molecule has 1 rings (SSSR count). The first-order valence-electron chi connectivity index (χ1n) is 5.10. The van der Waals surface area contributed by atoms with E-state index in [0.717, 1.165) is 0 Å². The number of benzene rings is 1. The molecule has 0 amide bonds. The van der Waals surface area contributed by atoms with Gasteiger partial charge in [-0.25, -0.2) is 8.42 Å². The van der Waals surface area contributed by atoms with E-state index < -0.39 is 27.5 Å². The van der Waals surface area contributed by atoms with Crippen molar-refractivity contribution < 1.29 is 18.3 Å². The molecule has 0 saturated carbocycles. The van der Waals surface area contributed by atoms with Crippen LogP contribution in [0.4, 0.5) is 0 Å². The first-order chi connectivity index (χ1) is 8.24. The number of rotatable bonds is 5. The summed E-state index contributed by atoms with van der Waals surface area (Å²) in [4.78, 5) is 10.5. The Balaban J connectivity index is 2.99. The molecule has 0 radical (unpaired) electrons. The van der Waals surface area contributed by atoms with Crippen LogP contribution in [0.25, 0.3) is 0 Å². The van der Waals surface area contributed by atoms with E-state index in [1.54, 1.807) is 18.2 Å². The molecule has 1 N–H and O–H groups in total.